The number of piperidine rings is 1. The Labute approximate surface area is 170 Å². The number of carbonyl (C=O) groups excluding carboxylic acids is 1. The summed E-state index contributed by atoms with van der Waals surface area (Å²) < 4.78 is 0. The molecule has 29 heavy (non-hydrogen) atoms. The van der Waals surface area contributed by atoms with E-state index < -0.39 is 0 Å². The molecule has 0 unspecified atom stereocenters. The van der Waals surface area contributed by atoms with Gasteiger partial charge in [0.15, 0.2) is 0 Å². The average molecular weight is 390 g/mol. The first kappa shape index (κ1) is 18.2. The predicted octanol–water partition coefficient (Wildman–Crippen LogP) is 3.41. The smallest absolute Gasteiger partial charge is 0.224 e. The van der Waals surface area contributed by atoms with Gasteiger partial charge in [-0.05, 0) is 43.7 Å². The topological polar surface area (TPSA) is 73.9 Å². The molecule has 1 aromatic carbocycles. The highest BCUT2D eigenvalue weighted by molar-refractivity contribution is 5.83. The highest BCUT2D eigenvalue weighted by atomic mass is 16.1. The third-order valence-electron chi connectivity index (χ3n) is 6.15. The van der Waals surface area contributed by atoms with E-state index in [1.54, 1.807) is 6.33 Å². The van der Waals surface area contributed by atoms with Gasteiger partial charge >= 0.3 is 0 Å². The van der Waals surface area contributed by atoms with Gasteiger partial charge in [-0.2, -0.15) is 0 Å². The number of benzene rings is 1. The van der Waals surface area contributed by atoms with E-state index in [0.717, 1.165) is 49.4 Å². The van der Waals surface area contributed by atoms with Crippen LogP contribution in [0.3, 0.4) is 0 Å². The molecule has 6 nitrogen and oxygen atoms in total. The van der Waals surface area contributed by atoms with Crippen molar-refractivity contribution in [3.8, 4) is 0 Å². The van der Waals surface area contributed by atoms with Crippen molar-refractivity contribution in [2.45, 2.75) is 38.0 Å². The summed E-state index contributed by atoms with van der Waals surface area (Å²) in [5, 5.41) is 4.39. The lowest BCUT2D eigenvalue weighted by Gasteiger charge is -2.33. The van der Waals surface area contributed by atoms with Gasteiger partial charge in [-0.15, -0.1) is 0 Å². The third-order valence-corrected chi connectivity index (χ3v) is 6.15. The van der Waals surface area contributed by atoms with Gasteiger partial charge in [0.1, 0.15) is 12.1 Å². The van der Waals surface area contributed by atoms with Crippen LogP contribution in [0.15, 0.2) is 42.9 Å². The Morgan fingerprint density at radius 2 is 2.10 bits per heavy atom. The van der Waals surface area contributed by atoms with E-state index in [4.69, 9.17) is 0 Å². The molecule has 1 atom stereocenters. The van der Waals surface area contributed by atoms with Gasteiger partial charge in [-0.3, -0.25) is 4.79 Å². The molecular formula is C23H27N5O. The predicted molar refractivity (Wildman–Crippen MR) is 114 cm³/mol. The number of anilines is 1. The molecule has 1 aliphatic heterocycles. The van der Waals surface area contributed by atoms with E-state index in [2.05, 4.69) is 49.4 Å². The Kier molecular flexibility index (Phi) is 4.92. The molecule has 6 heteroatoms. The summed E-state index contributed by atoms with van der Waals surface area (Å²) in [5.41, 5.74) is 3.55. The molecule has 0 radical (unpaired) electrons. The molecule has 150 valence electrons. The molecule has 2 fully saturated rings. The van der Waals surface area contributed by atoms with Crippen LogP contribution >= 0.6 is 0 Å². The highest BCUT2D eigenvalue weighted by Gasteiger charge is 2.29. The van der Waals surface area contributed by atoms with Gasteiger partial charge in [0.05, 0.1) is 5.92 Å². The normalized spacial score (nSPS) is 19.4. The fourth-order valence-electron chi connectivity index (χ4n) is 4.34. The van der Waals surface area contributed by atoms with Crippen molar-refractivity contribution in [2.24, 2.45) is 5.92 Å². The van der Waals surface area contributed by atoms with Crippen molar-refractivity contribution < 1.29 is 4.79 Å². The summed E-state index contributed by atoms with van der Waals surface area (Å²) in [6.45, 7) is 2.36. The van der Waals surface area contributed by atoms with Crippen LogP contribution in [-0.4, -0.2) is 40.5 Å². The quantitative estimate of drug-likeness (QED) is 0.678. The maximum atomic E-state index is 12.8. The number of hydrogen-bond donors (Lipinski definition) is 2. The van der Waals surface area contributed by atoms with Crippen molar-refractivity contribution in [3.05, 3.63) is 54.1 Å². The fourth-order valence-corrected chi connectivity index (χ4v) is 4.34. The number of para-hydroxylation sites is 1. The number of aromatic amines is 1. The van der Waals surface area contributed by atoms with Gasteiger partial charge in [0.2, 0.25) is 5.91 Å². The molecule has 1 saturated carbocycles. The Balaban J connectivity index is 1.17. The molecule has 0 spiro atoms. The van der Waals surface area contributed by atoms with E-state index >= 15 is 0 Å². The number of nitrogens with zero attached hydrogens (tertiary/aromatic N) is 3. The van der Waals surface area contributed by atoms with Crippen molar-refractivity contribution in [3.63, 3.8) is 0 Å². The van der Waals surface area contributed by atoms with E-state index in [1.807, 2.05) is 12.3 Å². The molecule has 2 N–H and O–H groups in total. The van der Waals surface area contributed by atoms with Crippen LogP contribution < -0.4 is 10.2 Å². The van der Waals surface area contributed by atoms with E-state index in [0.29, 0.717) is 12.5 Å². The van der Waals surface area contributed by atoms with Crippen molar-refractivity contribution in [1.82, 2.24) is 20.3 Å². The number of amides is 1. The summed E-state index contributed by atoms with van der Waals surface area (Å²) >= 11 is 0. The number of nitrogens with one attached hydrogen (secondary N) is 2. The van der Waals surface area contributed by atoms with Crippen LogP contribution in [0.4, 0.5) is 5.82 Å². The Bertz CT molecular complexity index is 1010. The zero-order valence-corrected chi connectivity index (χ0v) is 16.6. The summed E-state index contributed by atoms with van der Waals surface area (Å²) in [5.74, 6) is 1.76. The third kappa shape index (κ3) is 3.97. The molecule has 1 saturated heterocycles. The molecule has 3 aromatic rings. The summed E-state index contributed by atoms with van der Waals surface area (Å²) in [7, 11) is 0. The monoisotopic (exact) mass is 389 g/mol. The van der Waals surface area contributed by atoms with Crippen LogP contribution in [0.2, 0.25) is 0 Å². The minimum absolute atomic E-state index is 0.0195. The first-order valence-corrected chi connectivity index (χ1v) is 10.7. The largest absolute Gasteiger partial charge is 0.361 e. The van der Waals surface area contributed by atoms with Gasteiger partial charge < -0.3 is 15.2 Å². The molecule has 3 heterocycles. The van der Waals surface area contributed by atoms with E-state index in [1.165, 1.54) is 23.8 Å². The van der Waals surface area contributed by atoms with Crippen molar-refractivity contribution >= 4 is 22.6 Å². The molecule has 5 rings (SSSR count). The van der Waals surface area contributed by atoms with Crippen molar-refractivity contribution in [2.75, 3.05) is 24.5 Å². The van der Waals surface area contributed by atoms with E-state index in [9.17, 15) is 4.79 Å². The number of fused-ring (bicyclic) bond motifs is 1. The minimum Gasteiger partial charge on any atom is -0.361 e. The number of carbonyl (C=O) groups is 1. The lowest BCUT2D eigenvalue weighted by Crippen LogP contribution is -2.43. The maximum Gasteiger partial charge on any atom is 0.224 e. The second-order valence-electron chi connectivity index (χ2n) is 8.26. The summed E-state index contributed by atoms with van der Waals surface area (Å²) in [4.78, 5) is 27.2. The lowest BCUT2D eigenvalue weighted by molar-refractivity contribution is -0.125. The van der Waals surface area contributed by atoms with Gasteiger partial charge in [-0.25, -0.2) is 9.97 Å². The van der Waals surface area contributed by atoms with Crippen LogP contribution in [0, 0.1) is 5.92 Å². The molecule has 2 aliphatic rings. The van der Waals surface area contributed by atoms with E-state index in [-0.39, 0.29) is 11.8 Å². The van der Waals surface area contributed by atoms with Gasteiger partial charge in [-0.1, -0.05) is 18.2 Å². The number of rotatable bonds is 6. The first-order chi connectivity index (χ1) is 14.3. The number of hydrogen-bond acceptors (Lipinski definition) is 4. The zero-order valence-electron chi connectivity index (χ0n) is 16.6. The van der Waals surface area contributed by atoms with Crippen LogP contribution in [0.5, 0.6) is 0 Å². The second-order valence-corrected chi connectivity index (χ2v) is 8.26. The lowest BCUT2D eigenvalue weighted by atomic mass is 9.97. The molecule has 0 bridgehead atoms. The standard InChI is InChI=1S/C23H27N5O/c29-23(24-10-9-17-13-25-20-6-2-1-5-19(17)20)18-4-3-11-28(14-18)22-12-21(16-7-8-16)26-15-27-22/h1-2,5-6,12-13,15-16,18,25H,3-4,7-11,14H2,(H,24,29)/t18-/m1/s1. The second kappa shape index (κ2) is 7.85. The number of H-pyrrole nitrogens is 1. The summed E-state index contributed by atoms with van der Waals surface area (Å²) in [6.07, 6.45) is 8.98. The van der Waals surface area contributed by atoms with Crippen LogP contribution in [-0.2, 0) is 11.2 Å². The van der Waals surface area contributed by atoms with Crippen LogP contribution in [0.1, 0.15) is 42.9 Å². The van der Waals surface area contributed by atoms with Gasteiger partial charge in [0.25, 0.3) is 0 Å². The Morgan fingerprint density at radius 1 is 1.21 bits per heavy atom. The van der Waals surface area contributed by atoms with Crippen LogP contribution in [0.25, 0.3) is 10.9 Å². The highest BCUT2D eigenvalue weighted by Crippen LogP contribution is 2.39. The van der Waals surface area contributed by atoms with Gasteiger partial charge in [0, 0.05) is 54.4 Å². The molecule has 1 aliphatic carbocycles. The Hall–Kier alpha value is -2.89. The fraction of sp³-hybridized carbons (Fsp3) is 0.435. The average Bonchev–Trinajstić information content (AvgIpc) is 3.55. The van der Waals surface area contributed by atoms with Crippen molar-refractivity contribution in [1.29, 1.82) is 0 Å². The molecular weight excluding hydrogens is 362 g/mol. The molecule has 1 amide bonds. The first-order valence-electron chi connectivity index (χ1n) is 10.7. The molecule has 2 aromatic heterocycles. The SMILES string of the molecule is O=C(NCCc1c[nH]c2ccccc12)[C@@H]1CCCN(c2cc(C3CC3)ncn2)C1. The summed E-state index contributed by atoms with van der Waals surface area (Å²) in [6, 6.07) is 10.4. The minimum atomic E-state index is 0.0195. The maximum absolute atomic E-state index is 12.8. The number of aromatic nitrogens is 3. The Morgan fingerprint density at radius 3 is 3.00 bits per heavy atom. The zero-order chi connectivity index (χ0) is 19.6.